The fourth-order valence-corrected chi connectivity index (χ4v) is 5.15. The van der Waals surface area contributed by atoms with E-state index in [1.165, 1.54) is 0 Å². The van der Waals surface area contributed by atoms with Crippen LogP contribution in [0.1, 0.15) is 28.9 Å². The Morgan fingerprint density at radius 2 is 1.72 bits per heavy atom. The number of aromatic hydroxyl groups is 1. The van der Waals surface area contributed by atoms with E-state index in [0.717, 1.165) is 64.4 Å². The summed E-state index contributed by atoms with van der Waals surface area (Å²) in [6, 6.07) is 23.6. The van der Waals surface area contributed by atoms with Crippen molar-refractivity contribution in [2.24, 2.45) is 10.2 Å². The topological polar surface area (TPSA) is 86.0 Å². The van der Waals surface area contributed by atoms with E-state index in [1.807, 2.05) is 78.2 Å². The Hall–Kier alpha value is -4.23. The molecule has 1 aliphatic heterocycles. The Labute approximate surface area is 208 Å². The van der Waals surface area contributed by atoms with Crippen molar-refractivity contribution in [2.75, 3.05) is 13.1 Å². The van der Waals surface area contributed by atoms with Crippen molar-refractivity contribution in [1.82, 2.24) is 14.5 Å². The number of nitrogens with zero attached hydrogens (tertiary/aromatic N) is 4. The number of aromatic nitrogens is 2. The van der Waals surface area contributed by atoms with E-state index in [2.05, 4.69) is 26.2 Å². The maximum Gasteiger partial charge on any atom is 0.312 e. The first kappa shape index (κ1) is 22.2. The molecule has 5 aromatic rings. The van der Waals surface area contributed by atoms with Gasteiger partial charge in [-0.15, -0.1) is 10.2 Å². The Morgan fingerprint density at radius 3 is 2.53 bits per heavy atom. The number of rotatable bonds is 5. The highest BCUT2D eigenvalue weighted by Crippen LogP contribution is 2.40. The lowest BCUT2D eigenvalue weighted by molar-refractivity contribution is 0.0991. The highest BCUT2D eigenvalue weighted by molar-refractivity contribution is 6.10. The summed E-state index contributed by atoms with van der Waals surface area (Å²) >= 11 is 0. The van der Waals surface area contributed by atoms with Crippen LogP contribution in [0.25, 0.3) is 32.9 Å². The van der Waals surface area contributed by atoms with Gasteiger partial charge in [0.25, 0.3) is 0 Å². The van der Waals surface area contributed by atoms with Gasteiger partial charge in [0, 0.05) is 21.9 Å². The molecule has 7 heteroatoms. The Morgan fingerprint density at radius 1 is 0.972 bits per heavy atom. The third-order valence-electron chi connectivity index (χ3n) is 6.93. The van der Waals surface area contributed by atoms with Gasteiger partial charge >= 0.3 is 5.91 Å². The fraction of sp³-hybridized carbons (Fsp3) is 0.207. The van der Waals surface area contributed by atoms with Crippen LogP contribution in [0, 0.1) is 6.92 Å². The highest BCUT2D eigenvalue weighted by atomic mass is 16.3. The predicted octanol–water partition coefficient (Wildman–Crippen LogP) is 6.78. The lowest BCUT2D eigenvalue weighted by Crippen LogP contribution is -2.22. The van der Waals surface area contributed by atoms with E-state index in [4.69, 9.17) is 0 Å². The molecule has 1 amide bonds. The molecule has 1 aliphatic rings. The zero-order valence-electron chi connectivity index (χ0n) is 20.1. The minimum atomic E-state index is -0.488. The minimum absolute atomic E-state index is 0.0233. The number of azo groups is 1. The molecule has 3 heterocycles. The summed E-state index contributed by atoms with van der Waals surface area (Å²) in [6.45, 7) is 4.62. The van der Waals surface area contributed by atoms with E-state index >= 15 is 0 Å². The lowest BCUT2D eigenvalue weighted by Gasteiger charge is -2.17. The molecule has 7 nitrogen and oxygen atoms in total. The van der Waals surface area contributed by atoms with Gasteiger partial charge in [0.15, 0.2) is 5.69 Å². The van der Waals surface area contributed by atoms with Gasteiger partial charge < -0.3 is 10.1 Å². The lowest BCUT2D eigenvalue weighted by atomic mass is 10.0. The molecule has 0 unspecified atom stereocenters. The Bertz CT molecular complexity index is 1610. The van der Waals surface area contributed by atoms with Gasteiger partial charge in [-0.2, -0.15) is 0 Å². The number of nitrogens with one attached hydrogen (secondary N) is 1. The molecule has 1 saturated heterocycles. The van der Waals surface area contributed by atoms with Crippen LogP contribution < -0.4 is 0 Å². The van der Waals surface area contributed by atoms with Crippen molar-refractivity contribution < 1.29 is 9.90 Å². The molecule has 180 valence electrons. The third kappa shape index (κ3) is 3.87. The molecule has 6 rings (SSSR count). The van der Waals surface area contributed by atoms with Gasteiger partial charge in [0.2, 0.25) is 5.88 Å². The summed E-state index contributed by atoms with van der Waals surface area (Å²) in [6.07, 6.45) is 2.32. The zero-order chi connectivity index (χ0) is 24.6. The van der Waals surface area contributed by atoms with Crippen LogP contribution in [0.5, 0.6) is 5.88 Å². The number of benzene rings is 3. The standard InChI is InChI=1S/C29H27N5O2/c1-19-13-14-23-22(17-19)25(20-9-3-2-4-10-20)27(30-23)28(35)32-31-26-21-11-5-6-12-24(21)34(29(26)36)18-33-15-7-8-16-33/h2-6,9-14,17,30,36H,7-8,15-16,18H2,1H3. The molecule has 0 aliphatic carbocycles. The van der Waals surface area contributed by atoms with Crippen LogP contribution in [0.4, 0.5) is 5.69 Å². The minimum Gasteiger partial charge on any atom is -0.493 e. The van der Waals surface area contributed by atoms with Crippen molar-refractivity contribution in [2.45, 2.75) is 26.4 Å². The molecular weight excluding hydrogens is 450 g/mol. The first-order valence-corrected chi connectivity index (χ1v) is 12.3. The molecule has 0 spiro atoms. The highest BCUT2D eigenvalue weighted by Gasteiger charge is 2.22. The smallest absolute Gasteiger partial charge is 0.312 e. The normalized spacial score (nSPS) is 14.5. The van der Waals surface area contributed by atoms with Crippen LogP contribution in [0.3, 0.4) is 0 Å². The third-order valence-corrected chi connectivity index (χ3v) is 6.93. The summed E-state index contributed by atoms with van der Waals surface area (Å²) in [5.74, 6) is -0.464. The van der Waals surface area contributed by atoms with Gasteiger partial charge in [-0.05, 0) is 56.6 Å². The van der Waals surface area contributed by atoms with Crippen molar-refractivity contribution in [3.8, 4) is 17.0 Å². The predicted molar refractivity (Wildman–Crippen MR) is 142 cm³/mol. The van der Waals surface area contributed by atoms with E-state index < -0.39 is 5.91 Å². The number of H-pyrrole nitrogens is 1. The molecule has 36 heavy (non-hydrogen) atoms. The number of hydrogen-bond acceptors (Lipinski definition) is 4. The number of hydrogen-bond donors (Lipinski definition) is 2. The van der Waals surface area contributed by atoms with Crippen LogP contribution in [-0.2, 0) is 6.67 Å². The molecule has 0 atom stereocenters. The molecule has 0 radical (unpaired) electrons. The van der Waals surface area contributed by atoms with Crippen molar-refractivity contribution in [3.63, 3.8) is 0 Å². The van der Waals surface area contributed by atoms with Gasteiger partial charge in [0.1, 0.15) is 5.69 Å². The first-order valence-electron chi connectivity index (χ1n) is 12.3. The molecular formula is C29H27N5O2. The second-order valence-electron chi connectivity index (χ2n) is 9.38. The number of likely N-dealkylation sites (tertiary alicyclic amines) is 1. The largest absolute Gasteiger partial charge is 0.493 e. The van der Waals surface area contributed by atoms with Crippen LogP contribution in [0.15, 0.2) is 83.0 Å². The summed E-state index contributed by atoms with van der Waals surface area (Å²) in [4.78, 5) is 19.0. The SMILES string of the molecule is Cc1ccc2[nH]c(C(=O)N=Nc3c(O)n(CN4CCCC4)c4ccccc34)c(-c3ccccc3)c2c1. The average molecular weight is 478 g/mol. The van der Waals surface area contributed by atoms with E-state index in [9.17, 15) is 9.90 Å². The molecule has 2 aromatic heterocycles. The quantitative estimate of drug-likeness (QED) is 0.274. The molecule has 0 bridgehead atoms. The monoisotopic (exact) mass is 477 g/mol. The second kappa shape index (κ2) is 9.09. The second-order valence-corrected chi connectivity index (χ2v) is 9.38. The summed E-state index contributed by atoms with van der Waals surface area (Å²) in [5, 5.41) is 21.2. The number of carbonyl (C=O) groups is 1. The maximum atomic E-state index is 13.4. The Kier molecular flexibility index (Phi) is 5.62. The Balaban J connectivity index is 1.42. The van der Waals surface area contributed by atoms with Crippen LogP contribution in [-0.4, -0.2) is 38.6 Å². The van der Waals surface area contributed by atoms with Gasteiger partial charge in [0.05, 0.1) is 12.2 Å². The fourth-order valence-electron chi connectivity index (χ4n) is 5.15. The number of fused-ring (bicyclic) bond motifs is 2. The number of para-hydroxylation sites is 1. The average Bonchev–Trinajstić information content (AvgIpc) is 3.61. The summed E-state index contributed by atoms with van der Waals surface area (Å²) in [7, 11) is 0. The number of amides is 1. The number of carbonyl (C=O) groups excluding carboxylic acids is 1. The van der Waals surface area contributed by atoms with E-state index in [-0.39, 0.29) is 5.88 Å². The molecule has 2 N–H and O–H groups in total. The summed E-state index contributed by atoms with van der Waals surface area (Å²) in [5.41, 5.74) is 5.27. The van der Waals surface area contributed by atoms with E-state index in [1.54, 1.807) is 0 Å². The maximum absolute atomic E-state index is 13.4. The first-order chi connectivity index (χ1) is 17.6. The summed E-state index contributed by atoms with van der Waals surface area (Å²) < 4.78 is 1.85. The molecule has 1 fully saturated rings. The van der Waals surface area contributed by atoms with Crippen LogP contribution in [0.2, 0.25) is 0 Å². The van der Waals surface area contributed by atoms with Gasteiger partial charge in [-0.3, -0.25) is 14.3 Å². The van der Waals surface area contributed by atoms with Crippen molar-refractivity contribution >= 4 is 33.4 Å². The number of aryl methyl sites for hydroxylation is 1. The number of aromatic amines is 1. The zero-order valence-corrected chi connectivity index (χ0v) is 20.1. The van der Waals surface area contributed by atoms with Crippen molar-refractivity contribution in [1.29, 1.82) is 0 Å². The molecule has 0 saturated carbocycles. The molecule has 3 aromatic carbocycles. The van der Waals surface area contributed by atoms with Gasteiger partial charge in [-0.25, -0.2) is 0 Å². The van der Waals surface area contributed by atoms with Crippen LogP contribution >= 0.6 is 0 Å². The van der Waals surface area contributed by atoms with Gasteiger partial charge in [-0.1, -0.05) is 60.2 Å². The van der Waals surface area contributed by atoms with E-state index in [0.29, 0.717) is 18.1 Å². The van der Waals surface area contributed by atoms with Crippen molar-refractivity contribution in [3.05, 3.63) is 84.1 Å².